The van der Waals surface area contributed by atoms with Crippen LogP contribution in [0.4, 0.5) is 0 Å². The lowest BCUT2D eigenvalue weighted by Crippen LogP contribution is -2.14. The van der Waals surface area contributed by atoms with Gasteiger partial charge in [0.15, 0.2) is 0 Å². The van der Waals surface area contributed by atoms with E-state index in [1.807, 2.05) is 43.3 Å². The Balaban J connectivity index is 1.63. The SMILES string of the molecule is Cc1nn(C(=O)C=Cc2ccccc2)c2c1[C@H]1[C@@H](C2)C1(C)C. The van der Waals surface area contributed by atoms with Crippen molar-refractivity contribution >= 4 is 12.0 Å². The molecule has 2 atom stereocenters. The van der Waals surface area contributed by atoms with Crippen LogP contribution in [-0.4, -0.2) is 15.7 Å². The average Bonchev–Trinajstić information content (AvgIpc) is 2.86. The Morgan fingerprint density at radius 1 is 1.32 bits per heavy atom. The van der Waals surface area contributed by atoms with Gasteiger partial charge in [-0.3, -0.25) is 4.79 Å². The summed E-state index contributed by atoms with van der Waals surface area (Å²) in [5.74, 6) is 1.24. The molecule has 3 heteroatoms. The van der Waals surface area contributed by atoms with Crippen LogP contribution < -0.4 is 0 Å². The van der Waals surface area contributed by atoms with E-state index < -0.39 is 0 Å². The van der Waals surface area contributed by atoms with Gasteiger partial charge >= 0.3 is 0 Å². The van der Waals surface area contributed by atoms with E-state index >= 15 is 0 Å². The maximum absolute atomic E-state index is 12.5. The predicted molar refractivity (Wildman–Crippen MR) is 86.8 cm³/mol. The Morgan fingerprint density at radius 3 is 2.77 bits per heavy atom. The first-order valence-corrected chi connectivity index (χ1v) is 7.86. The van der Waals surface area contributed by atoms with E-state index in [0.29, 0.717) is 17.3 Å². The second-order valence-corrected chi connectivity index (χ2v) is 7.05. The van der Waals surface area contributed by atoms with Crippen molar-refractivity contribution in [3.8, 4) is 0 Å². The van der Waals surface area contributed by atoms with E-state index in [0.717, 1.165) is 23.4 Å². The lowest BCUT2D eigenvalue weighted by Gasteiger charge is -2.09. The molecule has 0 amide bonds. The van der Waals surface area contributed by atoms with Gasteiger partial charge < -0.3 is 0 Å². The molecule has 1 fully saturated rings. The second kappa shape index (κ2) is 4.42. The van der Waals surface area contributed by atoms with Crippen molar-refractivity contribution in [2.75, 3.05) is 0 Å². The highest BCUT2D eigenvalue weighted by Gasteiger charge is 2.63. The summed E-state index contributed by atoms with van der Waals surface area (Å²) in [4.78, 5) is 12.5. The molecule has 112 valence electrons. The van der Waals surface area contributed by atoms with Gasteiger partial charge in [-0.25, -0.2) is 4.68 Å². The molecule has 0 spiro atoms. The molecule has 0 radical (unpaired) electrons. The van der Waals surface area contributed by atoms with Crippen LogP contribution in [0.5, 0.6) is 0 Å². The lowest BCUT2D eigenvalue weighted by atomic mass is 9.98. The number of hydrogen-bond acceptors (Lipinski definition) is 2. The number of allylic oxidation sites excluding steroid dienone is 1. The molecule has 1 aromatic carbocycles. The predicted octanol–water partition coefficient (Wildman–Crippen LogP) is 3.84. The number of rotatable bonds is 2. The fraction of sp³-hybridized carbons (Fsp3) is 0.368. The van der Waals surface area contributed by atoms with Gasteiger partial charge in [0.2, 0.25) is 0 Å². The summed E-state index contributed by atoms with van der Waals surface area (Å²) in [6, 6.07) is 9.88. The summed E-state index contributed by atoms with van der Waals surface area (Å²) in [5, 5.41) is 4.50. The summed E-state index contributed by atoms with van der Waals surface area (Å²) >= 11 is 0. The van der Waals surface area contributed by atoms with Crippen LogP contribution in [-0.2, 0) is 6.42 Å². The molecule has 4 rings (SSSR count). The number of benzene rings is 1. The van der Waals surface area contributed by atoms with Crippen LogP contribution in [0.1, 0.15) is 47.1 Å². The standard InChI is InChI=1S/C19H20N2O/c1-12-17-15(11-14-18(17)19(14,2)3)21(20-12)16(22)10-9-13-7-5-4-6-8-13/h4-10,14,18H,11H2,1-3H3/t14-,18-/m1/s1. The molecule has 2 aliphatic rings. The minimum Gasteiger partial charge on any atom is -0.267 e. The Bertz CT molecular complexity index is 783. The number of carbonyl (C=O) groups is 1. The van der Waals surface area contributed by atoms with Crippen molar-refractivity contribution < 1.29 is 4.79 Å². The van der Waals surface area contributed by atoms with Crippen LogP contribution >= 0.6 is 0 Å². The molecule has 1 saturated carbocycles. The maximum atomic E-state index is 12.5. The third kappa shape index (κ3) is 1.81. The largest absolute Gasteiger partial charge is 0.271 e. The molecule has 3 nitrogen and oxygen atoms in total. The number of nitrogens with zero attached hydrogens (tertiary/aromatic N) is 2. The van der Waals surface area contributed by atoms with Crippen LogP contribution in [0.3, 0.4) is 0 Å². The van der Waals surface area contributed by atoms with Crippen LogP contribution in [0, 0.1) is 18.3 Å². The summed E-state index contributed by atoms with van der Waals surface area (Å²) < 4.78 is 1.62. The molecular formula is C19H20N2O. The van der Waals surface area contributed by atoms with Crippen LogP contribution in [0.2, 0.25) is 0 Å². The highest BCUT2D eigenvalue weighted by molar-refractivity contribution is 5.94. The van der Waals surface area contributed by atoms with Crippen LogP contribution in [0.25, 0.3) is 6.08 Å². The van der Waals surface area contributed by atoms with Crippen molar-refractivity contribution in [3.63, 3.8) is 0 Å². The zero-order chi connectivity index (χ0) is 15.5. The highest BCUT2D eigenvalue weighted by Crippen LogP contribution is 2.70. The Morgan fingerprint density at radius 2 is 2.05 bits per heavy atom. The van der Waals surface area contributed by atoms with E-state index in [1.54, 1.807) is 10.8 Å². The third-order valence-electron chi connectivity index (χ3n) is 5.41. The second-order valence-electron chi connectivity index (χ2n) is 7.05. The van der Waals surface area contributed by atoms with Gasteiger partial charge in [-0.05, 0) is 42.2 Å². The molecule has 1 aromatic heterocycles. The Labute approximate surface area is 130 Å². The molecular weight excluding hydrogens is 272 g/mol. The van der Waals surface area contributed by atoms with Crippen molar-refractivity contribution in [2.45, 2.75) is 33.1 Å². The minimum atomic E-state index is -0.0488. The van der Waals surface area contributed by atoms with Gasteiger partial charge in [0.05, 0.1) is 11.4 Å². The third-order valence-corrected chi connectivity index (χ3v) is 5.41. The van der Waals surface area contributed by atoms with Gasteiger partial charge in [0, 0.05) is 11.6 Å². The molecule has 0 saturated heterocycles. The quantitative estimate of drug-likeness (QED) is 0.788. The number of fused-ring (bicyclic) bond motifs is 3. The first-order chi connectivity index (χ1) is 10.5. The summed E-state index contributed by atoms with van der Waals surface area (Å²) in [6.45, 7) is 6.67. The Kier molecular flexibility index (Phi) is 2.71. The molecule has 2 aliphatic carbocycles. The first-order valence-electron chi connectivity index (χ1n) is 7.86. The molecule has 1 heterocycles. The molecule has 2 aromatic rings. The molecule has 0 aliphatic heterocycles. The van der Waals surface area contributed by atoms with Gasteiger partial charge in [-0.2, -0.15) is 5.10 Å². The van der Waals surface area contributed by atoms with Gasteiger partial charge in [-0.15, -0.1) is 0 Å². The monoisotopic (exact) mass is 292 g/mol. The van der Waals surface area contributed by atoms with Gasteiger partial charge in [-0.1, -0.05) is 44.2 Å². The first kappa shape index (κ1) is 13.5. The lowest BCUT2D eigenvalue weighted by molar-refractivity contribution is 0.0951. The van der Waals surface area contributed by atoms with E-state index in [1.165, 1.54) is 5.56 Å². The summed E-state index contributed by atoms with van der Waals surface area (Å²) in [5.41, 5.74) is 4.90. The molecule has 0 N–H and O–H groups in total. The summed E-state index contributed by atoms with van der Waals surface area (Å²) in [7, 11) is 0. The highest BCUT2D eigenvalue weighted by atomic mass is 16.2. The van der Waals surface area contributed by atoms with E-state index in [4.69, 9.17) is 0 Å². The fourth-order valence-electron chi connectivity index (χ4n) is 4.08. The average molecular weight is 292 g/mol. The fourth-order valence-corrected chi connectivity index (χ4v) is 4.08. The zero-order valence-electron chi connectivity index (χ0n) is 13.2. The van der Waals surface area contributed by atoms with Crippen molar-refractivity contribution in [1.82, 2.24) is 9.78 Å². The zero-order valence-corrected chi connectivity index (χ0v) is 13.2. The maximum Gasteiger partial charge on any atom is 0.271 e. The molecule has 22 heavy (non-hydrogen) atoms. The smallest absolute Gasteiger partial charge is 0.267 e. The van der Waals surface area contributed by atoms with E-state index in [2.05, 4.69) is 18.9 Å². The number of aryl methyl sites for hydroxylation is 1. The topological polar surface area (TPSA) is 34.9 Å². The number of carbonyl (C=O) groups excluding carboxylic acids is 1. The normalized spacial score (nSPS) is 24.3. The molecule has 0 bridgehead atoms. The van der Waals surface area contributed by atoms with E-state index in [-0.39, 0.29) is 5.91 Å². The number of aromatic nitrogens is 2. The van der Waals surface area contributed by atoms with Crippen LogP contribution in [0.15, 0.2) is 36.4 Å². The Hall–Kier alpha value is -2.16. The van der Waals surface area contributed by atoms with Crippen molar-refractivity contribution in [1.29, 1.82) is 0 Å². The van der Waals surface area contributed by atoms with E-state index in [9.17, 15) is 4.79 Å². The van der Waals surface area contributed by atoms with Crippen molar-refractivity contribution in [2.24, 2.45) is 11.3 Å². The van der Waals surface area contributed by atoms with Gasteiger partial charge in [0.1, 0.15) is 0 Å². The van der Waals surface area contributed by atoms with Crippen molar-refractivity contribution in [3.05, 3.63) is 58.9 Å². The minimum absolute atomic E-state index is 0.0488. The number of hydrogen-bond donors (Lipinski definition) is 0. The summed E-state index contributed by atoms with van der Waals surface area (Å²) in [6.07, 6.45) is 4.46. The van der Waals surface area contributed by atoms with Gasteiger partial charge in [0.25, 0.3) is 5.91 Å². The molecule has 0 unspecified atom stereocenters.